The van der Waals surface area contributed by atoms with E-state index in [2.05, 4.69) is 27.3 Å². The molecule has 0 unspecified atom stereocenters. The Morgan fingerprint density at radius 1 is 1.15 bits per heavy atom. The molecule has 2 nitrogen and oxygen atoms in total. The second-order valence-electron chi connectivity index (χ2n) is 4.57. The summed E-state index contributed by atoms with van der Waals surface area (Å²) in [6.07, 6.45) is 0. The molecular weight excluding hydrogens is 321 g/mol. The fourth-order valence-corrected chi connectivity index (χ4v) is 2.22. The van der Waals surface area contributed by atoms with Crippen molar-refractivity contribution in [1.82, 2.24) is 5.32 Å². The molecule has 2 aromatic carbocycles. The van der Waals surface area contributed by atoms with Crippen LogP contribution in [-0.2, 0) is 6.54 Å². The molecule has 0 bridgehead atoms. The highest BCUT2D eigenvalue weighted by Crippen LogP contribution is 2.29. The fourth-order valence-electron chi connectivity index (χ4n) is 1.88. The first-order valence-electron chi connectivity index (χ1n) is 6.53. The zero-order valence-electron chi connectivity index (χ0n) is 11.5. The minimum absolute atomic E-state index is 0.231. The molecule has 2 aromatic rings. The van der Waals surface area contributed by atoms with Crippen LogP contribution in [0.4, 0.5) is 4.39 Å². The van der Waals surface area contributed by atoms with Crippen LogP contribution in [0.1, 0.15) is 18.1 Å². The first kappa shape index (κ1) is 15.0. The molecule has 0 fully saturated rings. The first-order valence-corrected chi connectivity index (χ1v) is 7.32. The maximum absolute atomic E-state index is 13.8. The Morgan fingerprint density at radius 3 is 2.60 bits per heavy atom. The van der Waals surface area contributed by atoms with Gasteiger partial charge in [-0.2, -0.15) is 0 Å². The van der Waals surface area contributed by atoms with Crippen molar-refractivity contribution >= 4 is 15.9 Å². The second kappa shape index (κ2) is 6.86. The molecule has 0 amide bonds. The third-order valence-corrected chi connectivity index (χ3v) is 3.39. The Morgan fingerprint density at radius 2 is 1.90 bits per heavy atom. The van der Waals surface area contributed by atoms with Gasteiger partial charge in [-0.05, 0) is 37.7 Å². The summed E-state index contributed by atoms with van der Waals surface area (Å²) in [4.78, 5) is 0. The fraction of sp³-hybridized carbons (Fsp3) is 0.250. The Kier molecular flexibility index (Phi) is 5.15. The van der Waals surface area contributed by atoms with Gasteiger partial charge >= 0.3 is 0 Å². The van der Waals surface area contributed by atoms with Gasteiger partial charge < -0.3 is 10.1 Å². The van der Waals surface area contributed by atoms with Crippen LogP contribution in [0.25, 0.3) is 0 Å². The van der Waals surface area contributed by atoms with E-state index in [-0.39, 0.29) is 11.6 Å². The summed E-state index contributed by atoms with van der Waals surface area (Å²) >= 11 is 3.23. The number of benzene rings is 2. The molecule has 0 atom stereocenters. The standard InChI is InChI=1S/C16H17BrFNO/c1-3-19-10-12-8-11(2)4-6-15(12)20-16-7-5-13(17)9-14(16)18/h4-9,19H,3,10H2,1-2H3. The summed E-state index contributed by atoms with van der Waals surface area (Å²) in [5.74, 6) is 0.530. The Balaban J connectivity index is 2.27. The largest absolute Gasteiger partial charge is 0.454 e. The molecule has 0 spiro atoms. The third kappa shape index (κ3) is 3.81. The molecule has 1 N–H and O–H groups in total. The zero-order chi connectivity index (χ0) is 14.5. The van der Waals surface area contributed by atoms with Crippen molar-refractivity contribution in [2.75, 3.05) is 6.54 Å². The highest BCUT2D eigenvalue weighted by atomic mass is 79.9. The summed E-state index contributed by atoms with van der Waals surface area (Å²) in [6, 6.07) is 10.7. The zero-order valence-corrected chi connectivity index (χ0v) is 13.1. The SMILES string of the molecule is CCNCc1cc(C)ccc1Oc1ccc(Br)cc1F. The van der Waals surface area contributed by atoms with Crippen molar-refractivity contribution in [1.29, 1.82) is 0 Å². The van der Waals surface area contributed by atoms with Crippen LogP contribution in [0, 0.1) is 12.7 Å². The Hall–Kier alpha value is -1.39. The maximum Gasteiger partial charge on any atom is 0.166 e. The van der Waals surface area contributed by atoms with Gasteiger partial charge in [-0.25, -0.2) is 4.39 Å². The lowest BCUT2D eigenvalue weighted by atomic mass is 10.1. The molecule has 0 heterocycles. The van der Waals surface area contributed by atoms with Crippen molar-refractivity contribution in [3.05, 3.63) is 57.8 Å². The van der Waals surface area contributed by atoms with E-state index >= 15 is 0 Å². The van der Waals surface area contributed by atoms with Gasteiger partial charge in [0, 0.05) is 16.6 Å². The van der Waals surface area contributed by atoms with Gasteiger partial charge in [-0.1, -0.05) is 40.5 Å². The van der Waals surface area contributed by atoms with E-state index in [1.54, 1.807) is 12.1 Å². The molecule has 2 rings (SSSR count). The van der Waals surface area contributed by atoms with Gasteiger partial charge in [0.25, 0.3) is 0 Å². The minimum atomic E-state index is -0.380. The number of hydrogen-bond acceptors (Lipinski definition) is 2. The Bertz CT molecular complexity index is 601. The minimum Gasteiger partial charge on any atom is -0.454 e. The highest BCUT2D eigenvalue weighted by Gasteiger charge is 2.09. The summed E-state index contributed by atoms with van der Waals surface area (Å²) in [5, 5.41) is 3.26. The van der Waals surface area contributed by atoms with Crippen molar-refractivity contribution in [3.8, 4) is 11.5 Å². The van der Waals surface area contributed by atoms with Crippen molar-refractivity contribution in [2.45, 2.75) is 20.4 Å². The van der Waals surface area contributed by atoms with E-state index in [1.165, 1.54) is 6.07 Å². The normalized spacial score (nSPS) is 10.6. The molecule has 0 saturated carbocycles. The molecule has 0 aliphatic carbocycles. The van der Waals surface area contributed by atoms with E-state index in [9.17, 15) is 4.39 Å². The molecule has 20 heavy (non-hydrogen) atoms. The van der Waals surface area contributed by atoms with Crippen LogP contribution in [-0.4, -0.2) is 6.54 Å². The van der Waals surface area contributed by atoms with Gasteiger partial charge in [-0.15, -0.1) is 0 Å². The highest BCUT2D eigenvalue weighted by molar-refractivity contribution is 9.10. The van der Waals surface area contributed by atoms with Gasteiger partial charge in [0.1, 0.15) is 5.75 Å². The first-order chi connectivity index (χ1) is 9.60. The van der Waals surface area contributed by atoms with Gasteiger partial charge in [0.15, 0.2) is 11.6 Å². The predicted molar refractivity (Wildman–Crippen MR) is 82.7 cm³/mol. The Labute approximate surface area is 127 Å². The quantitative estimate of drug-likeness (QED) is 0.846. The summed E-state index contributed by atoms with van der Waals surface area (Å²) in [5.41, 5.74) is 2.18. The van der Waals surface area contributed by atoms with Crippen LogP contribution in [0.3, 0.4) is 0 Å². The van der Waals surface area contributed by atoms with Crippen molar-refractivity contribution in [2.24, 2.45) is 0 Å². The topological polar surface area (TPSA) is 21.3 Å². The lowest BCUT2D eigenvalue weighted by Crippen LogP contribution is -2.12. The molecule has 0 saturated heterocycles. The van der Waals surface area contributed by atoms with E-state index in [0.29, 0.717) is 16.8 Å². The predicted octanol–water partition coefficient (Wildman–Crippen LogP) is 4.80. The van der Waals surface area contributed by atoms with Crippen LogP contribution >= 0.6 is 15.9 Å². The molecule has 0 aliphatic heterocycles. The van der Waals surface area contributed by atoms with Crippen LogP contribution < -0.4 is 10.1 Å². The van der Waals surface area contributed by atoms with Gasteiger partial charge in [-0.3, -0.25) is 0 Å². The van der Waals surface area contributed by atoms with E-state index in [1.807, 2.05) is 26.0 Å². The lowest BCUT2D eigenvalue weighted by molar-refractivity contribution is 0.435. The summed E-state index contributed by atoms with van der Waals surface area (Å²) < 4.78 is 20.2. The monoisotopic (exact) mass is 337 g/mol. The van der Waals surface area contributed by atoms with E-state index in [4.69, 9.17) is 4.74 Å². The van der Waals surface area contributed by atoms with Crippen LogP contribution in [0.2, 0.25) is 0 Å². The smallest absolute Gasteiger partial charge is 0.166 e. The summed E-state index contributed by atoms with van der Waals surface area (Å²) in [6.45, 7) is 5.65. The number of hydrogen-bond donors (Lipinski definition) is 1. The van der Waals surface area contributed by atoms with Crippen molar-refractivity contribution in [3.63, 3.8) is 0 Å². The van der Waals surface area contributed by atoms with Crippen molar-refractivity contribution < 1.29 is 9.13 Å². The van der Waals surface area contributed by atoms with E-state index < -0.39 is 0 Å². The van der Waals surface area contributed by atoms with Gasteiger partial charge in [0.05, 0.1) is 0 Å². The number of nitrogens with one attached hydrogen (secondary N) is 1. The maximum atomic E-state index is 13.8. The molecule has 0 aliphatic rings. The van der Waals surface area contributed by atoms with E-state index in [0.717, 1.165) is 17.7 Å². The number of ether oxygens (including phenoxy) is 1. The molecule has 4 heteroatoms. The summed E-state index contributed by atoms with van der Waals surface area (Å²) in [7, 11) is 0. The van der Waals surface area contributed by atoms with Gasteiger partial charge in [0.2, 0.25) is 0 Å². The molecular formula is C16H17BrFNO. The number of aryl methyl sites for hydroxylation is 1. The third-order valence-electron chi connectivity index (χ3n) is 2.90. The number of halogens is 2. The average molecular weight is 338 g/mol. The molecule has 106 valence electrons. The average Bonchev–Trinajstić information content (AvgIpc) is 2.41. The lowest BCUT2D eigenvalue weighted by Gasteiger charge is -2.13. The van der Waals surface area contributed by atoms with Crippen LogP contribution in [0.5, 0.6) is 11.5 Å². The second-order valence-corrected chi connectivity index (χ2v) is 5.48. The number of rotatable bonds is 5. The van der Waals surface area contributed by atoms with Crippen LogP contribution in [0.15, 0.2) is 40.9 Å². The molecule has 0 radical (unpaired) electrons. The molecule has 0 aromatic heterocycles.